The fourth-order valence-electron chi connectivity index (χ4n) is 2.97. The van der Waals surface area contributed by atoms with Crippen molar-refractivity contribution in [2.45, 2.75) is 19.1 Å². The van der Waals surface area contributed by atoms with E-state index < -0.39 is 11.2 Å². The number of ketones is 1. The average Bonchev–Trinajstić information content (AvgIpc) is 2.65. The monoisotopic (exact) mass is 359 g/mol. The van der Waals surface area contributed by atoms with Gasteiger partial charge in [0.05, 0.1) is 26.2 Å². The number of carbonyl (C=O) groups excluding carboxylic acids is 1. The second kappa shape index (κ2) is 7.30. The number of carbonyl (C=O) groups is 1. The molecule has 1 aliphatic rings. The Balaban J connectivity index is 2.09. The van der Waals surface area contributed by atoms with E-state index in [4.69, 9.17) is 14.2 Å². The Kier molecular flexibility index (Phi) is 4.92. The molecule has 8 nitrogen and oxygen atoms in total. The molecular formula is C18H17NO7. The second-order valence-electron chi connectivity index (χ2n) is 5.62. The summed E-state index contributed by atoms with van der Waals surface area (Å²) >= 11 is 0. The lowest BCUT2D eigenvalue weighted by Crippen LogP contribution is -2.23. The number of nitrogens with zero attached hydrogens (tertiary/aromatic N) is 1. The Morgan fingerprint density at radius 1 is 1.23 bits per heavy atom. The molecular weight excluding hydrogens is 342 g/mol. The number of hydrogen-bond donors (Lipinski definition) is 0. The van der Waals surface area contributed by atoms with Crippen LogP contribution in [-0.4, -0.2) is 25.1 Å². The van der Waals surface area contributed by atoms with Gasteiger partial charge < -0.3 is 19.0 Å². The van der Waals surface area contributed by atoms with Crippen LogP contribution in [0.1, 0.15) is 34.0 Å². The Morgan fingerprint density at radius 2 is 1.96 bits per heavy atom. The molecule has 26 heavy (non-hydrogen) atoms. The first-order valence-corrected chi connectivity index (χ1v) is 7.85. The van der Waals surface area contributed by atoms with Gasteiger partial charge in [-0.3, -0.25) is 4.79 Å². The van der Waals surface area contributed by atoms with Gasteiger partial charge in [-0.25, -0.2) is 0 Å². The zero-order chi connectivity index (χ0) is 18.7. The van der Waals surface area contributed by atoms with Crippen molar-refractivity contribution >= 4 is 5.78 Å². The first kappa shape index (κ1) is 17.5. The number of fused-ring (bicyclic) bond motifs is 1. The topological polar surface area (TPSA) is 97.1 Å². The van der Waals surface area contributed by atoms with Crippen LogP contribution in [0.15, 0.2) is 36.4 Å². The summed E-state index contributed by atoms with van der Waals surface area (Å²) < 4.78 is 16.7. The maximum atomic E-state index is 12.8. The summed E-state index contributed by atoms with van der Waals surface area (Å²) in [7, 11) is 2.87. The van der Waals surface area contributed by atoms with Crippen molar-refractivity contribution in [2.24, 2.45) is 0 Å². The van der Waals surface area contributed by atoms with Crippen LogP contribution in [0.25, 0.3) is 0 Å². The fraction of sp³-hybridized carbons (Fsp3) is 0.278. The van der Waals surface area contributed by atoms with Crippen molar-refractivity contribution in [3.8, 4) is 17.2 Å². The fourth-order valence-corrected chi connectivity index (χ4v) is 2.97. The number of ether oxygens (including phenoxy) is 3. The summed E-state index contributed by atoms with van der Waals surface area (Å²) in [6.45, 7) is -0.388. The van der Waals surface area contributed by atoms with E-state index in [0.29, 0.717) is 11.3 Å². The van der Waals surface area contributed by atoms with Crippen molar-refractivity contribution < 1.29 is 28.9 Å². The van der Waals surface area contributed by atoms with E-state index in [9.17, 15) is 14.9 Å². The molecule has 0 saturated heterocycles. The lowest BCUT2D eigenvalue weighted by molar-refractivity contribution is -0.763. The largest absolute Gasteiger partial charge is 0.493 e. The van der Waals surface area contributed by atoms with Gasteiger partial charge in [-0.2, -0.15) is 0 Å². The molecule has 1 aliphatic heterocycles. The molecule has 0 amide bonds. The third-order valence-electron chi connectivity index (χ3n) is 4.11. The van der Waals surface area contributed by atoms with Crippen molar-refractivity contribution in [3.05, 3.63) is 63.2 Å². The molecule has 0 aliphatic carbocycles. The van der Waals surface area contributed by atoms with Crippen LogP contribution in [0.5, 0.6) is 17.2 Å². The Hall–Kier alpha value is -3.29. The van der Waals surface area contributed by atoms with E-state index in [1.165, 1.54) is 20.3 Å². The molecule has 0 saturated carbocycles. The molecule has 0 fully saturated rings. The lowest BCUT2D eigenvalue weighted by Gasteiger charge is -2.29. The van der Waals surface area contributed by atoms with Gasteiger partial charge in [-0.1, -0.05) is 30.3 Å². The third kappa shape index (κ3) is 3.26. The second-order valence-corrected chi connectivity index (χ2v) is 5.62. The van der Waals surface area contributed by atoms with Gasteiger partial charge >= 0.3 is 0 Å². The summed E-state index contributed by atoms with van der Waals surface area (Å²) in [6.07, 6.45) is -0.376. The summed E-state index contributed by atoms with van der Waals surface area (Å²) in [5, 5.41) is 9.64. The molecule has 0 aromatic heterocycles. The number of Topliss-reactive ketones (excluding diaryl/α,β-unsaturated/α-hetero) is 1. The smallest absolute Gasteiger partial charge is 0.294 e. The molecule has 1 atom stereocenters. The molecule has 2 aromatic carbocycles. The predicted molar refractivity (Wildman–Crippen MR) is 90.1 cm³/mol. The third-order valence-corrected chi connectivity index (χ3v) is 4.11. The molecule has 0 radical (unpaired) electrons. The Bertz CT molecular complexity index is 835. The zero-order valence-corrected chi connectivity index (χ0v) is 14.3. The average molecular weight is 359 g/mol. The van der Waals surface area contributed by atoms with E-state index in [1.807, 2.05) is 30.3 Å². The maximum Gasteiger partial charge on any atom is 0.294 e. The first-order chi connectivity index (χ1) is 12.5. The van der Waals surface area contributed by atoms with Crippen molar-refractivity contribution in [2.75, 3.05) is 14.2 Å². The zero-order valence-electron chi connectivity index (χ0n) is 14.3. The van der Waals surface area contributed by atoms with Gasteiger partial charge in [-0.05, 0) is 17.2 Å². The highest BCUT2D eigenvalue weighted by molar-refractivity contribution is 6.02. The number of benzene rings is 2. The van der Waals surface area contributed by atoms with Gasteiger partial charge in [0.25, 0.3) is 5.09 Å². The van der Waals surface area contributed by atoms with Crippen LogP contribution < -0.4 is 14.2 Å². The quantitative estimate of drug-likeness (QED) is 0.577. The molecule has 8 heteroatoms. The Morgan fingerprint density at radius 3 is 2.58 bits per heavy atom. The minimum atomic E-state index is -0.913. The number of methoxy groups -OCH3 is 2. The van der Waals surface area contributed by atoms with Crippen LogP contribution in [0.4, 0.5) is 0 Å². The minimum absolute atomic E-state index is 0.109. The maximum absolute atomic E-state index is 12.8. The van der Waals surface area contributed by atoms with E-state index in [0.717, 1.165) is 5.56 Å². The standard InChI is InChI=1S/C18H17NO7/c1-23-15-8-12(10-25-19(21)22)16-13(20)9-14(11-6-4-3-5-7-11)26-18(16)17(15)24-2/h3-8,14H,9-10H2,1-2H3. The molecule has 1 heterocycles. The van der Waals surface area contributed by atoms with Crippen LogP contribution in [0.3, 0.4) is 0 Å². The summed E-state index contributed by atoms with van der Waals surface area (Å²) in [6, 6.07) is 10.8. The van der Waals surface area contributed by atoms with Gasteiger partial charge in [0.1, 0.15) is 12.7 Å². The van der Waals surface area contributed by atoms with Gasteiger partial charge in [-0.15, -0.1) is 10.1 Å². The SMILES string of the molecule is COc1cc(CO[N+](=O)[O-])c2c(c1OC)OC(c1ccccc1)CC2=O. The van der Waals surface area contributed by atoms with Gasteiger partial charge in [0.2, 0.25) is 5.75 Å². The van der Waals surface area contributed by atoms with Crippen LogP contribution in [-0.2, 0) is 11.4 Å². The number of rotatable bonds is 6. The van der Waals surface area contributed by atoms with E-state index in [-0.39, 0.29) is 35.9 Å². The highest BCUT2D eigenvalue weighted by Crippen LogP contribution is 2.47. The molecule has 2 aromatic rings. The van der Waals surface area contributed by atoms with Crippen LogP contribution in [0.2, 0.25) is 0 Å². The molecule has 3 rings (SSSR count). The summed E-state index contributed by atoms with van der Waals surface area (Å²) in [5.74, 6) is 0.568. The highest BCUT2D eigenvalue weighted by Gasteiger charge is 2.34. The highest BCUT2D eigenvalue weighted by atomic mass is 16.9. The van der Waals surface area contributed by atoms with Gasteiger partial charge in [0, 0.05) is 0 Å². The van der Waals surface area contributed by atoms with Crippen molar-refractivity contribution in [1.82, 2.24) is 0 Å². The lowest BCUT2D eigenvalue weighted by atomic mass is 9.92. The Labute approximate surface area is 149 Å². The van der Waals surface area contributed by atoms with Crippen molar-refractivity contribution in [1.29, 1.82) is 0 Å². The molecule has 136 valence electrons. The predicted octanol–water partition coefficient (Wildman–Crippen LogP) is 3.12. The van der Waals surface area contributed by atoms with Crippen LogP contribution >= 0.6 is 0 Å². The van der Waals surface area contributed by atoms with E-state index in [1.54, 1.807) is 0 Å². The molecule has 0 N–H and O–H groups in total. The summed E-state index contributed by atoms with van der Waals surface area (Å²) in [5.41, 5.74) is 1.38. The van der Waals surface area contributed by atoms with E-state index >= 15 is 0 Å². The van der Waals surface area contributed by atoms with Crippen molar-refractivity contribution in [3.63, 3.8) is 0 Å². The molecule has 0 bridgehead atoms. The van der Waals surface area contributed by atoms with Gasteiger partial charge in [0.15, 0.2) is 17.3 Å². The van der Waals surface area contributed by atoms with E-state index in [2.05, 4.69) is 4.84 Å². The first-order valence-electron chi connectivity index (χ1n) is 7.85. The normalized spacial score (nSPS) is 15.6. The minimum Gasteiger partial charge on any atom is -0.493 e. The number of hydrogen-bond acceptors (Lipinski definition) is 7. The molecule has 1 unspecified atom stereocenters. The summed E-state index contributed by atoms with van der Waals surface area (Å²) in [4.78, 5) is 27.8. The molecule has 0 spiro atoms. The van der Waals surface area contributed by atoms with Crippen LogP contribution in [0, 0.1) is 10.1 Å².